The summed E-state index contributed by atoms with van der Waals surface area (Å²) >= 11 is 1.81. The van der Waals surface area contributed by atoms with Crippen molar-refractivity contribution in [2.24, 2.45) is 0 Å². The third-order valence-electron chi connectivity index (χ3n) is 24.6. The Labute approximate surface area is 807 Å². The van der Waals surface area contributed by atoms with Crippen LogP contribution in [-0.2, 0) is 0 Å². The summed E-state index contributed by atoms with van der Waals surface area (Å²) in [6.07, 6.45) is 0. The van der Waals surface area contributed by atoms with Crippen LogP contribution in [0.5, 0.6) is 0 Å². The second-order valence-electron chi connectivity index (χ2n) is 32.3. The van der Waals surface area contributed by atoms with Gasteiger partial charge >= 0.3 is 0 Å². The zero-order chi connectivity index (χ0) is 111. The van der Waals surface area contributed by atoms with E-state index in [9.17, 15) is 11.0 Å². The van der Waals surface area contributed by atoms with Crippen molar-refractivity contribution in [3.05, 3.63) is 479 Å². The molecule has 0 bridgehead atoms. The molecule has 0 atom stereocenters. The van der Waals surface area contributed by atoms with Gasteiger partial charge in [-0.05, 0) is 236 Å². The maximum atomic E-state index is 9.36. The van der Waals surface area contributed by atoms with Crippen molar-refractivity contribution >= 4 is 146 Å². The molecule has 23 aromatic carbocycles. The molecule has 0 spiro atoms. The van der Waals surface area contributed by atoms with Crippen molar-refractivity contribution in [3.63, 3.8) is 0 Å². The maximum Gasteiger partial charge on any atom is 0.136 e. The van der Waals surface area contributed by atoms with Crippen LogP contribution in [0.2, 0.25) is 0 Å². The molecule has 0 aliphatic carbocycles. The van der Waals surface area contributed by atoms with Gasteiger partial charge in [0, 0.05) is 67.1 Å². The van der Waals surface area contributed by atoms with Crippen LogP contribution in [0.1, 0.15) is 37.0 Å². The van der Waals surface area contributed by atoms with Crippen molar-refractivity contribution in [2.45, 2.75) is 0 Å². The second kappa shape index (κ2) is 33.5. The summed E-state index contributed by atoms with van der Waals surface area (Å²) < 4.78 is 257. The van der Waals surface area contributed by atoms with E-state index in [1.54, 1.807) is 78.9 Å². The maximum absolute atomic E-state index is 9.36. The molecule has 0 aliphatic heterocycles. The monoisotopic (exact) mass is 1730 g/mol. The van der Waals surface area contributed by atoms with Crippen LogP contribution in [0, 0.1) is 0 Å². The van der Waals surface area contributed by atoms with Crippen LogP contribution < -0.4 is 4.90 Å². The first-order valence-corrected chi connectivity index (χ1v) is 43.9. The second-order valence-corrected chi connectivity index (χ2v) is 33.4. The number of furan rings is 2. The standard InChI is InChI=1S/C46H33NS.C44H28O.C38H24O/c1-47(2)34-25-26-38-40(29-34)44(31-15-7-4-8-16-31)37-18-10-9-17-36(37)43(38)32-21-23-33(24-22-32)45-35(30-13-5-3-6-14-30)27-28-42-46(45)39-19-11-12-20-41(39)48-42;1-3-13-30(14-4-1)41-34-17-7-9-19-36(34)42(37-20-10-8-18-35(37)41)32-25-23-29(24-26-32)33-27-28-40-44(38-21-11-12-22-39(38)45-40)43(33)31-15-5-2-6-16-31;1-2-10-26(11-3-1)37-30-13-4-6-15-32(30)38(33-16-7-5-14-31(33)37)27-20-18-25(19-21-27)28-22-23-36-34(24-28)29-12-8-9-17-35(29)39-36/h3-29H,1-2H3;1-28H;1-24H/i9D,10D,17D,18D;7D,8D,9D,10D,17D,18D,19D,20D;4D,5D,6D,7D,13D,14D,15D,16D,18D,19D,20D,21D,22D,23D,24D. The normalized spacial score (nSPS) is 14.4. The lowest BCUT2D eigenvalue weighted by Gasteiger charge is -2.20. The molecule has 0 aliphatic rings. The highest BCUT2D eigenvalue weighted by molar-refractivity contribution is 7.26. The van der Waals surface area contributed by atoms with Crippen LogP contribution in [0.3, 0.4) is 0 Å². The smallest absolute Gasteiger partial charge is 0.136 e. The lowest BCUT2D eigenvalue weighted by atomic mass is 9.85. The van der Waals surface area contributed by atoms with Gasteiger partial charge in [-0.1, -0.05) is 424 Å². The van der Waals surface area contributed by atoms with Crippen molar-refractivity contribution < 1.29 is 45.8 Å². The summed E-state index contributed by atoms with van der Waals surface area (Å²) in [6, 6.07) is 89.4. The summed E-state index contributed by atoms with van der Waals surface area (Å²) in [7, 11) is 4.02. The quantitative estimate of drug-likeness (QED) is 0.114. The summed E-state index contributed by atoms with van der Waals surface area (Å²) in [6.45, 7) is 0. The van der Waals surface area contributed by atoms with E-state index >= 15 is 0 Å². The molecule has 620 valence electrons. The Kier molecular flexibility index (Phi) is 14.0. The van der Waals surface area contributed by atoms with E-state index in [0.29, 0.717) is 49.6 Å². The zero-order valence-corrected chi connectivity index (χ0v) is 71.5. The molecular weight excluding hydrogens is 1620 g/mol. The van der Waals surface area contributed by atoms with E-state index in [1.807, 2.05) is 141 Å². The molecule has 26 rings (SSSR count). The van der Waals surface area contributed by atoms with E-state index in [0.717, 1.165) is 99.6 Å². The number of hydrogen-bond donors (Lipinski definition) is 0. The highest BCUT2D eigenvalue weighted by atomic mass is 32.1. The molecule has 132 heavy (non-hydrogen) atoms. The molecule has 0 saturated carbocycles. The molecule has 4 heteroatoms. The Bertz CT molecular complexity index is 10500. The third kappa shape index (κ3) is 13.8. The first-order chi connectivity index (χ1) is 76.6. The predicted octanol–water partition coefficient (Wildman–Crippen LogP) is 36.5. The largest absolute Gasteiger partial charge is 0.456 e. The molecule has 0 N–H and O–H groups in total. The van der Waals surface area contributed by atoms with E-state index in [1.165, 1.54) is 25.7 Å². The van der Waals surface area contributed by atoms with Crippen LogP contribution in [0.15, 0.2) is 487 Å². The van der Waals surface area contributed by atoms with Gasteiger partial charge in [-0.25, -0.2) is 0 Å². The number of para-hydroxylation sites is 2. The SMILES string of the molecule is [2H]c1c([2H])c(-c2c3c([2H])c([2H])c([2H])c([2H])c3c(-c3ccccc3)c3c([2H])c([2H])c([2H])c([2H])c23)c([2H])c([2H])c1-c1c([2H])c([2H])c2oc3ccccc3c2c1[2H].[2H]c1c([2H])c([2H])c2c(-c3ccc(-c4ccc5oc6ccccc6c5c4-c4ccccc4)cc3)c3c([2H])c([2H])c([2H])c([2H])c3c(-c3ccccc3)c2c1[2H].[2H]c1c([2H])c([2H])c2c(-c3ccccc3)c3cc(N(C)C)ccc3c(-c3ccc(-c4c(-c5ccccc5)ccc5sc6ccccc6c45)cc3)c2c1[2H]. The molecule has 3 aromatic heterocycles. The van der Waals surface area contributed by atoms with Gasteiger partial charge in [-0.2, -0.15) is 0 Å². The first-order valence-electron chi connectivity index (χ1n) is 56.6. The molecule has 0 saturated heterocycles. The van der Waals surface area contributed by atoms with Gasteiger partial charge in [0.2, 0.25) is 0 Å². The van der Waals surface area contributed by atoms with Gasteiger partial charge in [-0.15, -0.1) is 11.3 Å². The Morgan fingerprint density at radius 3 is 1.01 bits per heavy atom. The fourth-order valence-electron chi connectivity index (χ4n) is 18.7. The van der Waals surface area contributed by atoms with Crippen molar-refractivity contribution in [1.29, 1.82) is 0 Å². The van der Waals surface area contributed by atoms with Gasteiger partial charge in [-0.3, -0.25) is 0 Å². The molecule has 26 aromatic rings. The third-order valence-corrected chi connectivity index (χ3v) is 25.8. The number of hydrogen-bond acceptors (Lipinski definition) is 4. The van der Waals surface area contributed by atoms with Gasteiger partial charge < -0.3 is 13.7 Å². The summed E-state index contributed by atoms with van der Waals surface area (Å²) in [4.78, 5) is 2.06. The van der Waals surface area contributed by atoms with Crippen molar-refractivity contribution in [3.8, 4) is 122 Å². The number of fused-ring (bicyclic) bond motifs is 15. The van der Waals surface area contributed by atoms with E-state index in [-0.39, 0.29) is 125 Å². The van der Waals surface area contributed by atoms with E-state index in [4.69, 9.17) is 34.9 Å². The fraction of sp³-hybridized carbons (Fsp3) is 0.0156. The van der Waals surface area contributed by atoms with E-state index in [2.05, 4.69) is 126 Å². The number of anilines is 1. The number of rotatable bonds is 12. The summed E-state index contributed by atoms with van der Waals surface area (Å²) in [5, 5.41) is 7.88. The topological polar surface area (TPSA) is 29.5 Å². The van der Waals surface area contributed by atoms with Gasteiger partial charge in [0.15, 0.2) is 0 Å². The molecule has 0 fully saturated rings. The predicted molar refractivity (Wildman–Crippen MR) is 566 cm³/mol. The van der Waals surface area contributed by atoms with Crippen molar-refractivity contribution in [2.75, 3.05) is 19.0 Å². The molecule has 0 amide bonds. The minimum absolute atomic E-state index is 0.0339. The Balaban J connectivity index is 0.000000125. The van der Waals surface area contributed by atoms with Crippen LogP contribution in [0.25, 0.3) is 251 Å². The van der Waals surface area contributed by atoms with Gasteiger partial charge in [0.25, 0.3) is 0 Å². The van der Waals surface area contributed by atoms with E-state index < -0.39 is 120 Å². The van der Waals surface area contributed by atoms with Gasteiger partial charge in [0.05, 0.1) is 37.0 Å². The summed E-state index contributed by atoms with van der Waals surface area (Å²) in [5.41, 5.74) is 15.2. The average Bonchev–Trinajstić information content (AvgIpc) is 1.64. The highest BCUT2D eigenvalue weighted by Gasteiger charge is 2.25. The number of nitrogens with zero attached hydrogens (tertiary/aromatic N) is 1. The van der Waals surface area contributed by atoms with Crippen LogP contribution in [0.4, 0.5) is 5.69 Å². The molecular formula is C128H85NO2S. The van der Waals surface area contributed by atoms with Gasteiger partial charge in [0.1, 0.15) is 22.3 Å². The zero-order valence-electron chi connectivity index (χ0n) is 97.7. The average molecular weight is 1730 g/mol. The lowest BCUT2D eigenvalue weighted by Crippen LogP contribution is -2.08. The summed E-state index contributed by atoms with van der Waals surface area (Å²) in [5.74, 6) is 0. The first kappa shape index (κ1) is 55.1. The minimum atomic E-state index is -0.761. The highest BCUT2D eigenvalue weighted by Crippen LogP contribution is 2.52. The number of benzene rings is 23. The Hall–Kier alpha value is -16.8. The number of thiophene rings is 1. The molecule has 3 nitrogen and oxygen atoms in total. The Morgan fingerprint density at radius 2 is 0.530 bits per heavy atom. The Morgan fingerprint density at radius 1 is 0.197 bits per heavy atom. The fourth-order valence-corrected chi connectivity index (χ4v) is 19.9. The van der Waals surface area contributed by atoms with Crippen LogP contribution >= 0.6 is 11.3 Å². The molecule has 0 unspecified atom stereocenters. The lowest BCUT2D eigenvalue weighted by molar-refractivity contribution is 0.668. The molecule has 3 heterocycles. The van der Waals surface area contributed by atoms with Crippen LogP contribution in [-0.4, -0.2) is 14.1 Å². The molecule has 0 radical (unpaired) electrons. The minimum Gasteiger partial charge on any atom is -0.456 e. The van der Waals surface area contributed by atoms with Crippen molar-refractivity contribution in [1.82, 2.24) is 0 Å².